The van der Waals surface area contributed by atoms with Crippen molar-refractivity contribution in [1.29, 1.82) is 0 Å². The van der Waals surface area contributed by atoms with Crippen molar-refractivity contribution in [2.24, 2.45) is 0 Å². The number of aromatic nitrogens is 1. The topological polar surface area (TPSA) is 54.5 Å². The van der Waals surface area contributed by atoms with Crippen LogP contribution in [0, 0.1) is 0 Å². The molecular formula is C22H23N3O2. The van der Waals surface area contributed by atoms with E-state index in [4.69, 9.17) is 4.74 Å². The second-order valence-electron chi connectivity index (χ2n) is 6.81. The molecule has 5 heteroatoms. The average Bonchev–Trinajstić information content (AvgIpc) is 2.73. The van der Waals surface area contributed by atoms with E-state index in [9.17, 15) is 4.79 Å². The zero-order valence-corrected chi connectivity index (χ0v) is 15.2. The van der Waals surface area contributed by atoms with Crippen molar-refractivity contribution in [2.75, 3.05) is 26.2 Å². The number of nitrogens with zero attached hydrogens (tertiary/aromatic N) is 2. The van der Waals surface area contributed by atoms with Gasteiger partial charge in [-0.3, -0.25) is 9.69 Å². The molecule has 1 unspecified atom stereocenters. The Morgan fingerprint density at radius 1 is 1.07 bits per heavy atom. The summed E-state index contributed by atoms with van der Waals surface area (Å²) in [4.78, 5) is 19.3. The first-order valence-electron chi connectivity index (χ1n) is 9.30. The van der Waals surface area contributed by atoms with Crippen LogP contribution in [0.25, 0.3) is 10.9 Å². The maximum atomic E-state index is 12.5. The van der Waals surface area contributed by atoms with Gasteiger partial charge in [0.25, 0.3) is 5.91 Å². The first-order chi connectivity index (χ1) is 13.3. The molecule has 1 N–H and O–H groups in total. The number of ether oxygens (including phenoxy) is 1. The number of pyridine rings is 1. The molecule has 1 saturated heterocycles. The number of morpholine rings is 1. The zero-order chi connectivity index (χ0) is 18.5. The first-order valence-corrected chi connectivity index (χ1v) is 9.30. The zero-order valence-electron chi connectivity index (χ0n) is 15.2. The standard InChI is InChI=1S/C22H23N3O2/c26-22(21-11-10-18-8-4-5-9-20(18)24-21)23-14-19-16-25(12-13-27-19)15-17-6-2-1-3-7-17/h1-11,19H,12-16H2,(H,23,26). The highest BCUT2D eigenvalue weighted by atomic mass is 16.5. The van der Waals surface area contributed by atoms with E-state index in [1.54, 1.807) is 6.07 Å². The molecule has 1 atom stereocenters. The van der Waals surface area contributed by atoms with Crippen LogP contribution in [0.2, 0.25) is 0 Å². The summed E-state index contributed by atoms with van der Waals surface area (Å²) in [6.45, 7) is 3.78. The molecule has 0 spiro atoms. The smallest absolute Gasteiger partial charge is 0.269 e. The first kappa shape index (κ1) is 17.6. The van der Waals surface area contributed by atoms with E-state index in [0.717, 1.165) is 30.5 Å². The number of fused-ring (bicyclic) bond motifs is 1. The van der Waals surface area contributed by atoms with Gasteiger partial charge in [0.2, 0.25) is 0 Å². The van der Waals surface area contributed by atoms with Gasteiger partial charge in [-0.25, -0.2) is 4.98 Å². The van der Waals surface area contributed by atoms with E-state index in [0.29, 0.717) is 18.8 Å². The lowest BCUT2D eigenvalue weighted by molar-refractivity contribution is -0.0292. The molecule has 2 aromatic carbocycles. The second-order valence-corrected chi connectivity index (χ2v) is 6.81. The van der Waals surface area contributed by atoms with Crippen LogP contribution >= 0.6 is 0 Å². The van der Waals surface area contributed by atoms with E-state index < -0.39 is 0 Å². The van der Waals surface area contributed by atoms with Gasteiger partial charge in [-0.15, -0.1) is 0 Å². The van der Waals surface area contributed by atoms with Crippen LogP contribution in [0.5, 0.6) is 0 Å². The number of benzene rings is 2. The van der Waals surface area contributed by atoms with Crippen molar-refractivity contribution in [2.45, 2.75) is 12.6 Å². The highest BCUT2D eigenvalue weighted by Gasteiger charge is 2.21. The molecule has 27 heavy (non-hydrogen) atoms. The van der Waals surface area contributed by atoms with Gasteiger partial charge in [0.1, 0.15) is 5.69 Å². The molecule has 1 fully saturated rings. The van der Waals surface area contributed by atoms with E-state index in [1.165, 1.54) is 5.56 Å². The average molecular weight is 361 g/mol. The Bertz CT molecular complexity index is 914. The quantitative estimate of drug-likeness (QED) is 0.759. The minimum absolute atomic E-state index is 0.00753. The predicted octanol–water partition coefficient (Wildman–Crippen LogP) is 2.87. The van der Waals surface area contributed by atoms with Gasteiger partial charge in [-0.05, 0) is 17.7 Å². The number of hydrogen-bond acceptors (Lipinski definition) is 4. The van der Waals surface area contributed by atoms with Crippen LogP contribution in [-0.4, -0.2) is 48.1 Å². The lowest BCUT2D eigenvalue weighted by atomic mass is 10.2. The van der Waals surface area contributed by atoms with Crippen molar-refractivity contribution in [3.8, 4) is 0 Å². The number of hydrogen-bond donors (Lipinski definition) is 1. The fourth-order valence-corrected chi connectivity index (χ4v) is 3.38. The summed E-state index contributed by atoms with van der Waals surface area (Å²) in [5.74, 6) is -0.162. The number of carbonyl (C=O) groups excluding carboxylic acids is 1. The summed E-state index contributed by atoms with van der Waals surface area (Å²) in [5, 5.41) is 3.99. The molecule has 1 aliphatic heterocycles. The third kappa shape index (κ3) is 4.51. The Hall–Kier alpha value is -2.76. The molecule has 0 saturated carbocycles. The van der Waals surface area contributed by atoms with Crippen LogP contribution in [0.1, 0.15) is 16.1 Å². The predicted molar refractivity (Wildman–Crippen MR) is 106 cm³/mol. The van der Waals surface area contributed by atoms with E-state index in [-0.39, 0.29) is 12.0 Å². The van der Waals surface area contributed by atoms with Crippen molar-refractivity contribution in [1.82, 2.24) is 15.2 Å². The Kier molecular flexibility index (Phi) is 5.42. The van der Waals surface area contributed by atoms with Crippen LogP contribution in [0.3, 0.4) is 0 Å². The van der Waals surface area contributed by atoms with Crippen molar-refractivity contribution < 1.29 is 9.53 Å². The van der Waals surface area contributed by atoms with Gasteiger partial charge >= 0.3 is 0 Å². The van der Waals surface area contributed by atoms with Gasteiger partial charge in [0.05, 0.1) is 18.2 Å². The van der Waals surface area contributed by atoms with Crippen LogP contribution in [-0.2, 0) is 11.3 Å². The minimum atomic E-state index is -0.162. The lowest BCUT2D eigenvalue weighted by Crippen LogP contribution is -2.47. The van der Waals surface area contributed by atoms with Crippen molar-refractivity contribution in [3.05, 3.63) is 78.0 Å². The fraction of sp³-hybridized carbons (Fsp3) is 0.273. The summed E-state index contributed by atoms with van der Waals surface area (Å²) >= 11 is 0. The summed E-state index contributed by atoms with van der Waals surface area (Å²) in [6, 6.07) is 21.9. The van der Waals surface area contributed by atoms with E-state index in [2.05, 4.69) is 39.5 Å². The molecule has 0 aliphatic carbocycles. The van der Waals surface area contributed by atoms with E-state index >= 15 is 0 Å². The number of amides is 1. The Balaban J connectivity index is 1.32. The molecule has 1 aromatic heterocycles. The van der Waals surface area contributed by atoms with Crippen molar-refractivity contribution >= 4 is 16.8 Å². The molecule has 138 valence electrons. The Labute approximate surface area is 159 Å². The van der Waals surface area contributed by atoms with Crippen LogP contribution in [0.15, 0.2) is 66.7 Å². The number of nitrogens with one attached hydrogen (secondary N) is 1. The fourth-order valence-electron chi connectivity index (χ4n) is 3.38. The maximum Gasteiger partial charge on any atom is 0.269 e. The van der Waals surface area contributed by atoms with Gasteiger partial charge in [-0.1, -0.05) is 54.6 Å². The highest BCUT2D eigenvalue weighted by molar-refractivity contribution is 5.94. The van der Waals surface area contributed by atoms with Gasteiger partial charge in [0, 0.05) is 31.6 Å². The molecule has 4 rings (SSSR count). The minimum Gasteiger partial charge on any atom is -0.374 e. The molecule has 0 radical (unpaired) electrons. The maximum absolute atomic E-state index is 12.5. The normalized spacial score (nSPS) is 17.7. The van der Waals surface area contributed by atoms with Gasteiger partial charge < -0.3 is 10.1 Å². The SMILES string of the molecule is O=C(NCC1CN(Cc2ccccc2)CCO1)c1ccc2ccccc2n1. The van der Waals surface area contributed by atoms with Gasteiger partial charge in [-0.2, -0.15) is 0 Å². The molecule has 5 nitrogen and oxygen atoms in total. The number of carbonyl (C=O) groups is 1. The number of rotatable bonds is 5. The monoisotopic (exact) mass is 361 g/mol. The Morgan fingerprint density at radius 2 is 1.89 bits per heavy atom. The summed E-state index contributed by atoms with van der Waals surface area (Å²) in [5.41, 5.74) is 2.56. The van der Waals surface area contributed by atoms with Crippen molar-refractivity contribution in [3.63, 3.8) is 0 Å². The molecule has 2 heterocycles. The lowest BCUT2D eigenvalue weighted by Gasteiger charge is -2.33. The molecule has 1 amide bonds. The molecule has 0 bridgehead atoms. The summed E-state index contributed by atoms with van der Waals surface area (Å²) < 4.78 is 5.83. The Morgan fingerprint density at radius 3 is 2.78 bits per heavy atom. The van der Waals surface area contributed by atoms with E-state index in [1.807, 2.05) is 36.4 Å². The molecule has 1 aliphatic rings. The number of para-hydroxylation sites is 1. The molecular weight excluding hydrogens is 338 g/mol. The summed E-state index contributed by atoms with van der Waals surface area (Å²) in [7, 11) is 0. The molecule has 3 aromatic rings. The third-order valence-electron chi connectivity index (χ3n) is 4.79. The van der Waals surface area contributed by atoms with Gasteiger partial charge in [0.15, 0.2) is 0 Å². The van der Waals surface area contributed by atoms with Crippen LogP contribution in [0.4, 0.5) is 0 Å². The second kappa shape index (κ2) is 8.29. The van der Waals surface area contributed by atoms with Crippen LogP contribution < -0.4 is 5.32 Å². The summed E-state index contributed by atoms with van der Waals surface area (Å²) in [6.07, 6.45) is -0.00753. The highest BCUT2D eigenvalue weighted by Crippen LogP contribution is 2.13. The largest absolute Gasteiger partial charge is 0.374 e. The third-order valence-corrected chi connectivity index (χ3v) is 4.79.